The second kappa shape index (κ2) is 14.5. The van der Waals surface area contributed by atoms with Crippen LogP contribution in [0.15, 0.2) is 28.7 Å². The number of carboxylic acid groups (broad SMARTS) is 1. The van der Waals surface area contributed by atoms with Crippen LogP contribution in [0.3, 0.4) is 0 Å². The molecule has 0 spiro atoms. The van der Waals surface area contributed by atoms with E-state index in [0.29, 0.717) is 31.1 Å². The Hall–Kier alpha value is -2.18. The molecule has 3 rings (SSSR count). The summed E-state index contributed by atoms with van der Waals surface area (Å²) in [5, 5.41) is 10.4. The molecule has 1 atom stereocenters. The monoisotopic (exact) mass is 578 g/mol. The molecule has 2 aliphatic rings. The van der Waals surface area contributed by atoms with Crippen molar-refractivity contribution in [1.29, 1.82) is 0 Å². The highest BCUT2D eigenvalue weighted by atomic mass is 79.9. The molecule has 8 nitrogen and oxygen atoms in total. The molecule has 2 fully saturated rings. The van der Waals surface area contributed by atoms with Gasteiger partial charge in [-0.2, -0.15) is 13.2 Å². The first kappa shape index (κ1) is 30.0. The third kappa shape index (κ3) is 10.1. The summed E-state index contributed by atoms with van der Waals surface area (Å²) < 4.78 is 32.6. The summed E-state index contributed by atoms with van der Waals surface area (Å²) in [5.74, 6) is -2.61. The van der Waals surface area contributed by atoms with E-state index in [1.165, 1.54) is 19.3 Å². The maximum absolute atomic E-state index is 13.2. The van der Waals surface area contributed by atoms with Gasteiger partial charge in [0.1, 0.15) is 0 Å². The van der Waals surface area contributed by atoms with Crippen LogP contribution in [-0.2, 0) is 9.59 Å². The van der Waals surface area contributed by atoms with E-state index < -0.39 is 12.1 Å². The van der Waals surface area contributed by atoms with E-state index in [-0.39, 0.29) is 11.8 Å². The zero-order valence-corrected chi connectivity index (χ0v) is 22.0. The largest absolute Gasteiger partial charge is 0.490 e. The van der Waals surface area contributed by atoms with Crippen LogP contribution in [0.5, 0.6) is 0 Å². The third-order valence-corrected chi connectivity index (χ3v) is 6.76. The molecule has 2 amide bonds. The van der Waals surface area contributed by atoms with Crippen LogP contribution < -0.4 is 5.32 Å². The van der Waals surface area contributed by atoms with Gasteiger partial charge in [0.2, 0.25) is 5.91 Å². The number of nitrogens with one attached hydrogen (secondary N) is 1. The zero-order chi connectivity index (χ0) is 26.7. The molecule has 202 valence electrons. The first-order chi connectivity index (χ1) is 17.0. The van der Waals surface area contributed by atoms with Crippen LogP contribution in [-0.4, -0.2) is 102 Å². The molecule has 0 radical (unpaired) electrons. The maximum atomic E-state index is 13.2. The number of benzene rings is 1. The van der Waals surface area contributed by atoms with E-state index in [1.807, 2.05) is 34.1 Å². The topological polar surface area (TPSA) is 93.2 Å². The van der Waals surface area contributed by atoms with Crippen molar-refractivity contribution in [3.05, 3.63) is 34.3 Å². The highest BCUT2D eigenvalue weighted by molar-refractivity contribution is 9.10. The second-order valence-electron chi connectivity index (χ2n) is 8.87. The standard InChI is InChI=1S/C22H33BrN4O2.C2HF3O2/c1-18-5-2-3-11-25(18)15-16-27(22(29)19-6-4-7-20(23)17-19)12-8-21(28)26-13-9-24-10-14-26;3-2(4,5)1(6)7/h4,6-7,17-18,24H,2-3,5,8-16H2,1H3;(H,6,7). The Labute approximate surface area is 217 Å². The molecule has 1 aromatic carbocycles. The van der Waals surface area contributed by atoms with Gasteiger partial charge in [0, 0.05) is 68.3 Å². The highest BCUT2D eigenvalue weighted by Crippen LogP contribution is 2.18. The minimum absolute atomic E-state index is 0.00377. The summed E-state index contributed by atoms with van der Waals surface area (Å²) in [5.41, 5.74) is 0.667. The van der Waals surface area contributed by atoms with E-state index in [1.54, 1.807) is 0 Å². The smallest absolute Gasteiger partial charge is 0.475 e. The van der Waals surface area contributed by atoms with E-state index in [0.717, 1.165) is 43.7 Å². The van der Waals surface area contributed by atoms with Crippen LogP contribution in [0, 0.1) is 0 Å². The molecule has 0 aromatic heterocycles. The Morgan fingerprint density at radius 1 is 1.14 bits per heavy atom. The molecule has 2 aliphatic heterocycles. The number of carbonyl (C=O) groups is 3. The van der Waals surface area contributed by atoms with Crippen molar-refractivity contribution in [2.24, 2.45) is 0 Å². The number of hydrogen-bond acceptors (Lipinski definition) is 5. The number of likely N-dealkylation sites (tertiary alicyclic amines) is 1. The number of piperazine rings is 1. The molecular weight excluding hydrogens is 545 g/mol. The summed E-state index contributed by atoms with van der Waals surface area (Å²) in [6.45, 7) is 8.56. The summed E-state index contributed by atoms with van der Waals surface area (Å²) in [6, 6.07) is 8.08. The average Bonchev–Trinajstić information content (AvgIpc) is 2.85. The van der Waals surface area contributed by atoms with Gasteiger partial charge in [-0.15, -0.1) is 0 Å². The lowest BCUT2D eigenvalue weighted by atomic mass is 10.0. The van der Waals surface area contributed by atoms with Gasteiger partial charge in [-0.3, -0.25) is 14.5 Å². The van der Waals surface area contributed by atoms with Crippen LogP contribution in [0.4, 0.5) is 13.2 Å². The van der Waals surface area contributed by atoms with E-state index in [9.17, 15) is 22.8 Å². The van der Waals surface area contributed by atoms with Crippen molar-refractivity contribution in [1.82, 2.24) is 20.0 Å². The maximum Gasteiger partial charge on any atom is 0.490 e. The Morgan fingerprint density at radius 2 is 1.81 bits per heavy atom. The summed E-state index contributed by atoms with van der Waals surface area (Å²) in [7, 11) is 0. The second-order valence-corrected chi connectivity index (χ2v) is 9.78. The number of hydrogen-bond donors (Lipinski definition) is 2. The van der Waals surface area contributed by atoms with Gasteiger partial charge in [-0.1, -0.05) is 28.4 Å². The van der Waals surface area contributed by atoms with Crippen LogP contribution in [0.2, 0.25) is 0 Å². The predicted octanol–water partition coefficient (Wildman–Crippen LogP) is 3.22. The highest BCUT2D eigenvalue weighted by Gasteiger charge is 2.38. The number of alkyl halides is 3. The first-order valence-electron chi connectivity index (χ1n) is 12.1. The van der Waals surface area contributed by atoms with Gasteiger partial charge < -0.3 is 20.2 Å². The molecule has 2 heterocycles. The van der Waals surface area contributed by atoms with Crippen molar-refractivity contribution in [2.45, 2.75) is 44.8 Å². The molecular formula is C24H34BrF3N4O4. The normalized spacial score (nSPS) is 18.7. The van der Waals surface area contributed by atoms with E-state index in [4.69, 9.17) is 9.90 Å². The van der Waals surface area contributed by atoms with E-state index in [2.05, 4.69) is 33.1 Å². The molecule has 36 heavy (non-hydrogen) atoms. The Morgan fingerprint density at radius 3 is 2.39 bits per heavy atom. The number of aliphatic carboxylic acids is 1. The van der Waals surface area contributed by atoms with Gasteiger partial charge in [0.25, 0.3) is 5.91 Å². The fourth-order valence-corrected chi connectivity index (χ4v) is 4.56. The van der Waals surface area contributed by atoms with Crippen molar-refractivity contribution in [2.75, 3.05) is 52.4 Å². The Kier molecular flexibility index (Phi) is 12.1. The average molecular weight is 579 g/mol. The van der Waals surface area contributed by atoms with Gasteiger partial charge >= 0.3 is 12.1 Å². The van der Waals surface area contributed by atoms with Gasteiger partial charge in [-0.25, -0.2) is 4.79 Å². The molecule has 0 saturated carbocycles. The number of rotatable bonds is 7. The quantitative estimate of drug-likeness (QED) is 0.516. The lowest BCUT2D eigenvalue weighted by Crippen LogP contribution is -2.48. The minimum atomic E-state index is -5.08. The summed E-state index contributed by atoms with van der Waals surface area (Å²) in [6.07, 6.45) is -0.959. The van der Waals surface area contributed by atoms with E-state index >= 15 is 0 Å². The molecule has 2 N–H and O–H groups in total. The lowest BCUT2D eigenvalue weighted by Gasteiger charge is -2.35. The predicted molar refractivity (Wildman–Crippen MR) is 133 cm³/mol. The van der Waals surface area contributed by atoms with Gasteiger partial charge in [-0.05, 0) is 44.5 Å². The molecule has 1 unspecified atom stereocenters. The first-order valence-corrected chi connectivity index (χ1v) is 12.9. The number of nitrogens with zero attached hydrogens (tertiary/aromatic N) is 3. The number of carbonyl (C=O) groups excluding carboxylic acids is 2. The van der Waals surface area contributed by atoms with Crippen molar-refractivity contribution in [3.63, 3.8) is 0 Å². The zero-order valence-electron chi connectivity index (χ0n) is 20.4. The molecule has 2 saturated heterocycles. The number of carboxylic acids is 1. The minimum Gasteiger partial charge on any atom is -0.475 e. The molecule has 0 bridgehead atoms. The van der Waals surface area contributed by atoms with Crippen molar-refractivity contribution < 1.29 is 32.7 Å². The van der Waals surface area contributed by atoms with Crippen LogP contribution in [0.1, 0.15) is 43.0 Å². The van der Waals surface area contributed by atoms with Crippen molar-refractivity contribution >= 4 is 33.7 Å². The molecule has 1 aromatic rings. The third-order valence-electron chi connectivity index (χ3n) is 6.26. The van der Waals surface area contributed by atoms with Gasteiger partial charge in [0.05, 0.1) is 0 Å². The summed E-state index contributed by atoms with van der Waals surface area (Å²) >= 11 is 3.46. The fraction of sp³-hybridized carbons (Fsp3) is 0.625. The SMILES string of the molecule is CC1CCCCN1CCN(CCC(=O)N1CCNCC1)C(=O)c1cccc(Br)c1.O=C(O)C(F)(F)F. The number of piperidine rings is 1. The van der Waals surface area contributed by atoms with Crippen LogP contribution in [0.25, 0.3) is 0 Å². The molecule has 12 heteroatoms. The number of amides is 2. The van der Waals surface area contributed by atoms with Crippen molar-refractivity contribution in [3.8, 4) is 0 Å². The van der Waals surface area contributed by atoms with Crippen LogP contribution >= 0.6 is 15.9 Å². The van der Waals surface area contributed by atoms with Gasteiger partial charge in [0.15, 0.2) is 0 Å². The number of halogens is 4. The summed E-state index contributed by atoms with van der Waals surface area (Å²) in [4.78, 5) is 41.0. The Bertz CT molecular complexity index is 881. The lowest BCUT2D eigenvalue weighted by molar-refractivity contribution is -0.192. The Balaban J connectivity index is 0.000000572. The fourth-order valence-electron chi connectivity index (χ4n) is 4.16. The molecule has 0 aliphatic carbocycles.